The quantitative estimate of drug-likeness (QED) is 0.777. The van der Waals surface area contributed by atoms with Crippen molar-refractivity contribution in [3.05, 3.63) is 42.3 Å². The third-order valence-corrected chi connectivity index (χ3v) is 3.32. The summed E-state index contributed by atoms with van der Waals surface area (Å²) in [5.41, 5.74) is 2.80. The van der Waals surface area contributed by atoms with Gasteiger partial charge >= 0.3 is 0 Å². The number of hydrogen-bond acceptors (Lipinski definition) is 4. The molecule has 4 heteroatoms. The molecule has 0 saturated heterocycles. The van der Waals surface area contributed by atoms with E-state index in [2.05, 4.69) is 29.1 Å². The number of fused-ring (bicyclic) bond motifs is 1. The minimum atomic E-state index is 0.349. The van der Waals surface area contributed by atoms with Gasteiger partial charge in [-0.15, -0.1) is 0 Å². The molecule has 0 radical (unpaired) electrons. The van der Waals surface area contributed by atoms with E-state index in [4.69, 9.17) is 4.42 Å². The summed E-state index contributed by atoms with van der Waals surface area (Å²) < 4.78 is 5.58. The molecule has 0 unspecified atom stereocenters. The average molecular weight is 267 g/mol. The number of benzene rings is 1. The molecule has 0 aliphatic rings. The van der Waals surface area contributed by atoms with Crippen LogP contribution in [0.25, 0.3) is 22.4 Å². The Hall–Kier alpha value is -2.36. The summed E-state index contributed by atoms with van der Waals surface area (Å²) >= 11 is 0. The second-order valence-corrected chi connectivity index (χ2v) is 5.05. The molecular formula is C16H17N3O. The third-order valence-electron chi connectivity index (χ3n) is 3.32. The van der Waals surface area contributed by atoms with Crippen LogP contribution in [0.1, 0.15) is 25.5 Å². The maximum absolute atomic E-state index is 5.58. The van der Waals surface area contributed by atoms with Gasteiger partial charge < -0.3 is 9.73 Å². The summed E-state index contributed by atoms with van der Waals surface area (Å²) in [7, 11) is 1.86. The molecule has 0 spiro atoms. The van der Waals surface area contributed by atoms with Crippen molar-refractivity contribution in [2.45, 2.75) is 19.8 Å². The molecule has 4 nitrogen and oxygen atoms in total. The number of nitrogens with zero attached hydrogens (tertiary/aromatic N) is 2. The van der Waals surface area contributed by atoms with E-state index in [1.54, 1.807) is 6.26 Å². The molecule has 0 fully saturated rings. The fourth-order valence-electron chi connectivity index (χ4n) is 2.16. The third kappa shape index (κ3) is 2.13. The molecule has 0 atom stereocenters. The van der Waals surface area contributed by atoms with Crippen LogP contribution in [0.2, 0.25) is 0 Å². The van der Waals surface area contributed by atoms with Gasteiger partial charge in [0.05, 0.1) is 5.56 Å². The van der Waals surface area contributed by atoms with Crippen molar-refractivity contribution in [2.75, 3.05) is 12.4 Å². The zero-order chi connectivity index (χ0) is 14.1. The zero-order valence-electron chi connectivity index (χ0n) is 11.8. The fourth-order valence-corrected chi connectivity index (χ4v) is 2.16. The first-order valence-electron chi connectivity index (χ1n) is 6.72. The molecule has 102 valence electrons. The number of hydrogen-bond donors (Lipinski definition) is 1. The molecule has 2 aromatic heterocycles. The van der Waals surface area contributed by atoms with Crippen molar-refractivity contribution in [1.82, 2.24) is 9.97 Å². The molecule has 0 saturated carbocycles. The Labute approximate surface area is 117 Å². The van der Waals surface area contributed by atoms with Crippen LogP contribution in [0.15, 0.2) is 41.0 Å². The van der Waals surface area contributed by atoms with Gasteiger partial charge in [-0.05, 0) is 12.0 Å². The molecule has 0 amide bonds. The topological polar surface area (TPSA) is 51.0 Å². The van der Waals surface area contributed by atoms with Gasteiger partial charge in [-0.25, -0.2) is 9.97 Å². The monoisotopic (exact) mass is 267 g/mol. The van der Waals surface area contributed by atoms with Crippen molar-refractivity contribution in [2.24, 2.45) is 0 Å². The standard InChI is InChI=1S/C16H17N3O/c1-10(2)13-8-15(17-3)19-16(18-13)12-9-20-14-7-5-4-6-11(12)14/h4-10H,1-3H3,(H,17,18,19). The SMILES string of the molecule is CNc1cc(C(C)C)nc(-c2coc3ccccc23)n1. The molecule has 1 aromatic carbocycles. The van der Waals surface area contributed by atoms with Gasteiger partial charge in [0.15, 0.2) is 5.82 Å². The highest BCUT2D eigenvalue weighted by atomic mass is 16.3. The second kappa shape index (κ2) is 4.96. The van der Waals surface area contributed by atoms with E-state index in [1.807, 2.05) is 37.4 Å². The fraction of sp³-hybridized carbons (Fsp3) is 0.250. The first-order valence-corrected chi connectivity index (χ1v) is 6.72. The molecule has 3 aromatic rings. The van der Waals surface area contributed by atoms with Gasteiger partial charge in [0.1, 0.15) is 17.7 Å². The highest BCUT2D eigenvalue weighted by Crippen LogP contribution is 2.29. The minimum Gasteiger partial charge on any atom is -0.464 e. The lowest BCUT2D eigenvalue weighted by Crippen LogP contribution is -2.01. The largest absolute Gasteiger partial charge is 0.464 e. The summed E-state index contributed by atoms with van der Waals surface area (Å²) in [6.45, 7) is 4.25. The van der Waals surface area contributed by atoms with Gasteiger partial charge in [-0.1, -0.05) is 32.0 Å². The van der Waals surface area contributed by atoms with Crippen molar-refractivity contribution in [1.29, 1.82) is 0 Å². The average Bonchev–Trinajstić information content (AvgIpc) is 2.90. The van der Waals surface area contributed by atoms with E-state index in [9.17, 15) is 0 Å². The van der Waals surface area contributed by atoms with E-state index in [1.165, 1.54) is 0 Å². The molecule has 3 rings (SSSR count). The minimum absolute atomic E-state index is 0.349. The highest BCUT2D eigenvalue weighted by molar-refractivity contribution is 5.92. The normalized spacial score (nSPS) is 11.2. The lowest BCUT2D eigenvalue weighted by atomic mass is 10.1. The number of aromatic nitrogens is 2. The second-order valence-electron chi connectivity index (χ2n) is 5.05. The lowest BCUT2D eigenvalue weighted by molar-refractivity contribution is 0.616. The van der Waals surface area contributed by atoms with Crippen molar-refractivity contribution < 1.29 is 4.42 Å². The molecule has 1 N–H and O–H groups in total. The maximum atomic E-state index is 5.58. The number of nitrogens with one attached hydrogen (secondary N) is 1. The molecule has 0 bridgehead atoms. The summed E-state index contributed by atoms with van der Waals surface area (Å²) in [5.74, 6) is 1.87. The van der Waals surface area contributed by atoms with Crippen LogP contribution in [0.4, 0.5) is 5.82 Å². The predicted molar refractivity (Wildman–Crippen MR) is 80.9 cm³/mol. The van der Waals surface area contributed by atoms with Gasteiger partial charge in [0.2, 0.25) is 0 Å². The van der Waals surface area contributed by atoms with Gasteiger partial charge in [-0.2, -0.15) is 0 Å². The Morgan fingerprint density at radius 1 is 1.15 bits per heavy atom. The van der Waals surface area contributed by atoms with Crippen LogP contribution < -0.4 is 5.32 Å². The van der Waals surface area contributed by atoms with E-state index in [0.717, 1.165) is 28.0 Å². The summed E-state index contributed by atoms with van der Waals surface area (Å²) in [4.78, 5) is 9.21. The van der Waals surface area contributed by atoms with Crippen LogP contribution in [0.3, 0.4) is 0 Å². The molecule has 0 aliphatic heterocycles. The maximum Gasteiger partial charge on any atom is 0.165 e. The summed E-state index contributed by atoms with van der Waals surface area (Å²) in [6.07, 6.45) is 1.73. The zero-order valence-corrected chi connectivity index (χ0v) is 11.8. The number of para-hydroxylation sites is 1. The molecule has 20 heavy (non-hydrogen) atoms. The van der Waals surface area contributed by atoms with Gasteiger partial charge in [0, 0.05) is 24.2 Å². The van der Waals surface area contributed by atoms with Crippen molar-refractivity contribution in [3.8, 4) is 11.4 Å². The highest BCUT2D eigenvalue weighted by Gasteiger charge is 2.13. The molecule has 0 aliphatic carbocycles. The van der Waals surface area contributed by atoms with Crippen LogP contribution >= 0.6 is 0 Å². The van der Waals surface area contributed by atoms with E-state index in [0.29, 0.717) is 11.7 Å². The Bertz CT molecular complexity index is 746. The van der Waals surface area contributed by atoms with Crippen LogP contribution in [0.5, 0.6) is 0 Å². The number of anilines is 1. The lowest BCUT2D eigenvalue weighted by Gasteiger charge is -2.09. The molecule has 2 heterocycles. The van der Waals surface area contributed by atoms with Gasteiger partial charge in [0.25, 0.3) is 0 Å². The number of furan rings is 1. The summed E-state index contributed by atoms with van der Waals surface area (Å²) in [6, 6.07) is 9.91. The van der Waals surface area contributed by atoms with E-state index < -0.39 is 0 Å². The van der Waals surface area contributed by atoms with E-state index in [-0.39, 0.29) is 0 Å². The Morgan fingerprint density at radius 3 is 2.70 bits per heavy atom. The Morgan fingerprint density at radius 2 is 1.95 bits per heavy atom. The first-order chi connectivity index (χ1) is 9.69. The molecular weight excluding hydrogens is 250 g/mol. The van der Waals surface area contributed by atoms with E-state index >= 15 is 0 Å². The van der Waals surface area contributed by atoms with Crippen LogP contribution in [0, 0.1) is 0 Å². The van der Waals surface area contributed by atoms with Crippen molar-refractivity contribution in [3.63, 3.8) is 0 Å². The number of rotatable bonds is 3. The first kappa shape index (κ1) is 12.7. The smallest absolute Gasteiger partial charge is 0.165 e. The summed E-state index contributed by atoms with van der Waals surface area (Å²) in [5, 5.41) is 4.13. The Balaban J connectivity index is 2.20. The predicted octanol–water partition coefficient (Wildman–Crippen LogP) is 4.05. The van der Waals surface area contributed by atoms with Crippen LogP contribution in [-0.2, 0) is 0 Å². The van der Waals surface area contributed by atoms with Gasteiger partial charge in [-0.3, -0.25) is 0 Å². The van der Waals surface area contributed by atoms with Crippen molar-refractivity contribution >= 4 is 16.8 Å². The Kier molecular flexibility index (Phi) is 3.14. The van der Waals surface area contributed by atoms with Crippen LogP contribution in [-0.4, -0.2) is 17.0 Å².